The number of amides is 1. The molecule has 2 N–H and O–H groups in total. The summed E-state index contributed by atoms with van der Waals surface area (Å²) in [7, 11) is 0. The summed E-state index contributed by atoms with van der Waals surface area (Å²) in [6, 6.07) is 20.0. The van der Waals surface area contributed by atoms with Crippen molar-refractivity contribution >= 4 is 51.2 Å². The molecule has 0 unspecified atom stereocenters. The van der Waals surface area contributed by atoms with E-state index in [1.54, 1.807) is 54.6 Å². The number of rotatable bonds is 7. The highest BCUT2D eigenvalue weighted by atomic mass is 79.9. The number of benzene rings is 3. The molecule has 0 saturated carbocycles. The van der Waals surface area contributed by atoms with E-state index in [1.807, 2.05) is 6.07 Å². The van der Waals surface area contributed by atoms with E-state index in [0.717, 1.165) is 10.0 Å². The number of ether oxygens (including phenoxy) is 1. The second-order valence-electron chi connectivity index (χ2n) is 6.60. The molecule has 3 rings (SSSR count). The summed E-state index contributed by atoms with van der Waals surface area (Å²) in [6.45, 7) is 0.182. The molecule has 0 fully saturated rings. The van der Waals surface area contributed by atoms with E-state index in [2.05, 4.69) is 21.2 Å². The lowest BCUT2D eigenvalue weighted by Gasteiger charge is -2.11. The van der Waals surface area contributed by atoms with Gasteiger partial charge in [0.15, 0.2) is 0 Å². The molecule has 0 aliphatic carbocycles. The van der Waals surface area contributed by atoms with Crippen molar-refractivity contribution in [2.75, 3.05) is 5.32 Å². The van der Waals surface area contributed by atoms with Crippen LogP contribution in [-0.2, 0) is 11.4 Å². The van der Waals surface area contributed by atoms with Gasteiger partial charge in [0.2, 0.25) is 0 Å². The highest BCUT2D eigenvalue weighted by Crippen LogP contribution is 2.27. The van der Waals surface area contributed by atoms with Crippen molar-refractivity contribution in [1.82, 2.24) is 0 Å². The van der Waals surface area contributed by atoms with E-state index in [0.29, 0.717) is 22.0 Å². The zero-order valence-corrected chi connectivity index (χ0v) is 18.9. The number of nitriles is 1. The van der Waals surface area contributed by atoms with Gasteiger partial charge >= 0.3 is 5.97 Å². The molecule has 1 amide bonds. The van der Waals surface area contributed by atoms with Gasteiger partial charge in [-0.1, -0.05) is 39.7 Å². The molecule has 8 heteroatoms. The van der Waals surface area contributed by atoms with E-state index in [-0.39, 0.29) is 17.7 Å². The third-order valence-corrected chi connectivity index (χ3v) is 5.08. The lowest BCUT2D eigenvalue weighted by Crippen LogP contribution is -2.13. The maximum atomic E-state index is 12.6. The molecular formula is C24H16BrClN2O4. The maximum Gasteiger partial charge on any atom is 0.335 e. The predicted molar refractivity (Wildman–Crippen MR) is 126 cm³/mol. The number of carbonyl (C=O) groups is 2. The largest absolute Gasteiger partial charge is 0.488 e. The summed E-state index contributed by atoms with van der Waals surface area (Å²) in [5, 5.41) is 21.7. The fraction of sp³-hybridized carbons (Fsp3) is 0.0417. The van der Waals surface area contributed by atoms with Gasteiger partial charge in [0.25, 0.3) is 5.91 Å². The zero-order chi connectivity index (χ0) is 23.1. The lowest BCUT2D eigenvalue weighted by atomic mass is 10.1. The van der Waals surface area contributed by atoms with Crippen LogP contribution in [0.3, 0.4) is 0 Å². The smallest absolute Gasteiger partial charge is 0.335 e. The van der Waals surface area contributed by atoms with Gasteiger partial charge in [-0.05, 0) is 66.2 Å². The predicted octanol–water partition coefficient (Wildman–Crippen LogP) is 5.93. The molecule has 0 radical (unpaired) electrons. The number of anilines is 1. The Balaban J connectivity index is 1.79. The van der Waals surface area contributed by atoms with Crippen molar-refractivity contribution in [2.24, 2.45) is 0 Å². The summed E-state index contributed by atoms with van der Waals surface area (Å²) in [5.41, 5.74) is 1.90. The average molecular weight is 512 g/mol. The van der Waals surface area contributed by atoms with Crippen molar-refractivity contribution in [3.63, 3.8) is 0 Å². The van der Waals surface area contributed by atoms with Gasteiger partial charge in [-0.3, -0.25) is 4.79 Å². The van der Waals surface area contributed by atoms with Crippen LogP contribution in [0.1, 0.15) is 21.5 Å². The van der Waals surface area contributed by atoms with Gasteiger partial charge in [0.1, 0.15) is 24.0 Å². The van der Waals surface area contributed by atoms with Crippen molar-refractivity contribution in [3.05, 3.63) is 98.5 Å². The molecule has 0 bridgehead atoms. The number of halogens is 2. The highest BCUT2D eigenvalue weighted by Gasteiger charge is 2.12. The number of carbonyl (C=O) groups excluding carboxylic acids is 1. The quantitative estimate of drug-likeness (QED) is 0.303. The molecule has 0 spiro atoms. The Bertz CT molecular complexity index is 1220. The number of nitrogens with one attached hydrogen (secondary N) is 1. The average Bonchev–Trinajstić information content (AvgIpc) is 2.78. The van der Waals surface area contributed by atoms with Crippen LogP contribution in [0.5, 0.6) is 5.75 Å². The first-order valence-electron chi connectivity index (χ1n) is 9.29. The van der Waals surface area contributed by atoms with Gasteiger partial charge in [-0.15, -0.1) is 0 Å². The van der Waals surface area contributed by atoms with E-state index in [9.17, 15) is 14.9 Å². The Labute approximate surface area is 197 Å². The molecule has 0 atom stereocenters. The number of nitrogens with zero attached hydrogens (tertiary/aromatic N) is 1. The second kappa shape index (κ2) is 10.6. The van der Waals surface area contributed by atoms with Gasteiger partial charge in [0.05, 0.1) is 5.56 Å². The fourth-order valence-electron chi connectivity index (χ4n) is 2.70. The van der Waals surface area contributed by atoms with Crippen LogP contribution in [0.4, 0.5) is 5.69 Å². The van der Waals surface area contributed by atoms with Crippen molar-refractivity contribution in [2.45, 2.75) is 6.61 Å². The molecule has 0 aromatic heterocycles. The number of carboxylic acids is 1. The minimum absolute atomic E-state index is 0.103. The van der Waals surface area contributed by atoms with Gasteiger partial charge in [0, 0.05) is 20.7 Å². The Morgan fingerprint density at radius 3 is 2.41 bits per heavy atom. The number of aromatic carboxylic acids is 1. The van der Waals surface area contributed by atoms with E-state index in [4.69, 9.17) is 21.4 Å². The molecular weight excluding hydrogens is 496 g/mol. The van der Waals surface area contributed by atoms with Crippen LogP contribution in [0, 0.1) is 11.3 Å². The summed E-state index contributed by atoms with van der Waals surface area (Å²) < 4.78 is 6.61. The number of hydrogen-bond acceptors (Lipinski definition) is 4. The third kappa shape index (κ3) is 6.20. The monoisotopic (exact) mass is 510 g/mol. The molecule has 3 aromatic carbocycles. The standard InChI is InChI=1S/C24H16BrClN2O4/c25-19-5-10-22(32-14-15-1-3-16(4-2-15)24(30)31)17(12-19)11-18(13-27)23(29)28-21-8-6-20(26)7-9-21/h1-12H,14H2,(H,28,29)(H,30,31)/b18-11+. The normalized spacial score (nSPS) is 10.8. The first-order chi connectivity index (χ1) is 15.4. The Morgan fingerprint density at radius 2 is 1.78 bits per heavy atom. The second-order valence-corrected chi connectivity index (χ2v) is 7.96. The number of carboxylic acid groups (broad SMARTS) is 1. The van der Waals surface area contributed by atoms with Crippen LogP contribution in [0.25, 0.3) is 6.08 Å². The lowest BCUT2D eigenvalue weighted by molar-refractivity contribution is -0.112. The summed E-state index contributed by atoms with van der Waals surface area (Å²) in [5.74, 6) is -1.11. The minimum atomic E-state index is -1.00. The van der Waals surface area contributed by atoms with E-state index in [1.165, 1.54) is 18.2 Å². The Morgan fingerprint density at radius 1 is 1.09 bits per heavy atom. The highest BCUT2D eigenvalue weighted by molar-refractivity contribution is 9.10. The van der Waals surface area contributed by atoms with Gasteiger partial charge in [-0.25, -0.2) is 4.79 Å². The molecule has 0 saturated heterocycles. The van der Waals surface area contributed by atoms with Crippen LogP contribution < -0.4 is 10.1 Å². The molecule has 6 nitrogen and oxygen atoms in total. The molecule has 0 aliphatic rings. The summed E-state index contributed by atoms with van der Waals surface area (Å²) in [6.07, 6.45) is 1.44. The molecule has 3 aromatic rings. The molecule has 0 heterocycles. The number of hydrogen-bond donors (Lipinski definition) is 2. The minimum Gasteiger partial charge on any atom is -0.488 e. The van der Waals surface area contributed by atoms with Crippen molar-refractivity contribution in [3.8, 4) is 11.8 Å². The summed E-state index contributed by atoms with van der Waals surface area (Å²) >= 11 is 9.24. The van der Waals surface area contributed by atoms with Crippen molar-refractivity contribution in [1.29, 1.82) is 5.26 Å². The van der Waals surface area contributed by atoms with Crippen LogP contribution in [0.15, 0.2) is 76.8 Å². The zero-order valence-electron chi connectivity index (χ0n) is 16.5. The van der Waals surface area contributed by atoms with Crippen LogP contribution >= 0.6 is 27.5 Å². The molecule has 32 heavy (non-hydrogen) atoms. The Hall–Kier alpha value is -3.60. The SMILES string of the molecule is N#C/C(=C\c1cc(Br)ccc1OCc1ccc(C(=O)O)cc1)C(=O)Nc1ccc(Cl)cc1. The first-order valence-corrected chi connectivity index (χ1v) is 10.5. The van der Waals surface area contributed by atoms with Crippen LogP contribution in [0.2, 0.25) is 5.02 Å². The topological polar surface area (TPSA) is 99.4 Å². The Kier molecular flexibility index (Phi) is 7.66. The van der Waals surface area contributed by atoms with Crippen molar-refractivity contribution < 1.29 is 19.4 Å². The van der Waals surface area contributed by atoms with E-state index < -0.39 is 11.9 Å². The maximum absolute atomic E-state index is 12.6. The van der Waals surface area contributed by atoms with Crippen LogP contribution in [-0.4, -0.2) is 17.0 Å². The fourth-order valence-corrected chi connectivity index (χ4v) is 3.21. The molecule has 0 aliphatic heterocycles. The van der Waals surface area contributed by atoms with E-state index >= 15 is 0 Å². The van der Waals surface area contributed by atoms with Gasteiger partial charge in [-0.2, -0.15) is 5.26 Å². The summed E-state index contributed by atoms with van der Waals surface area (Å²) in [4.78, 5) is 23.5. The van der Waals surface area contributed by atoms with Gasteiger partial charge < -0.3 is 15.2 Å². The third-order valence-electron chi connectivity index (χ3n) is 4.33. The molecule has 160 valence electrons. The first kappa shape index (κ1) is 23.1.